The minimum atomic E-state index is -0.810. The van der Waals surface area contributed by atoms with E-state index in [4.69, 9.17) is 9.84 Å². The monoisotopic (exact) mass is 284 g/mol. The molecule has 2 fully saturated rings. The average molecular weight is 284 g/mol. The first-order valence-corrected chi connectivity index (χ1v) is 7.51. The van der Waals surface area contributed by atoms with E-state index in [9.17, 15) is 9.59 Å². The first-order chi connectivity index (χ1) is 9.66. The molecule has 1 saturated heterocycles. The van der Waals surface area contributed by atoms with Crippen molar-refractivity contribution in [3.63, 3.8) is 0 Å². The van der Waals surface area contributed by atoms with Crippen LogP contribution in [0.4, 0.5) is 4.79 Å². The van der Waals surface area contributed by atoms with Crippen LogP contribution in [0.3, 0.4) is 0 Å². The van der Waals surface area contributed by atoms with Crippen molar-refractivity contribution in [3.05, 3.63) is 0 Å². The summed E-state index contributed by atoms with van der Waals surface area (Å²) in [6.45, 7) is 2.10. The molecule has 3 N–H and O–H groups in total. The largest absolute Gasteiger partial charge is 0.481 e. The molecule has 0 spiro atoms. The number of carboxylic acids is 1. The smallest absolute Gasteiger partial charge is 0.315 e. The number of nitrogens with one attached hydrogen (secondary N) is 2. The van der Waals surface area contributed by atoms with Crippen molar-refractivity contribution in [1.29, 1.82) is 0 Å². The molecule has 3 atom stereocenters. The number of carboxylic acid groups (broad SMARTS) is 1. The van der Waals surface area contributed by atoms with E-state index in [-0.39, 0.29) is 12.1 Å². The van der Waals surface area contributed by atoms with Gasteiger partial charge in [0, 0.05) is 19.2 Å². The summed E-state index contributed by atoms with van der Waals surface area (Å²) >= 11 is 0. The van der Waals surface area contributed by atoms with Crippen molar-refractivity contribution in [2.45, 2.75) is 44.6 Å². The lowest BCUT2D eigenvalue weighted by atomic mass is 9.84. The molecule has 6 nitrogen and oxygen atoms in total. The van der Waals surface area contributed by atoms with Crippen molar-refractivity contribution in [2.75, 3.05) is 19.8 Å². The van der Waals surface area contributed by atoms with Crippen LogP contribution in [0.5, 0.6) is 0 Å². The van der Waals surface area contributed by atoms with Gasteiger partial charge in [-0.05, 0) is 31.6 Å². The molecule has 114 valence electrons. The van der Waals surface area contributed by atoms with Gasteiger partial charge < -0.3 is 20.5 Å². The van der Waals surface area contributed by atoms with Crippen LogP contribution >= 0.6 is 0 Å². The van der Waals surface area contributed by atoms with Gasteiger partial charge >= 0.3 is 12.0 Å². The van der Waals surface area contributed by atoms with E-state index < -0.39 is 11.9 Å². The van der Waals surface area contributed by atoms with Crippen LogP contribution in [0.25, 0.3) is 0 Å². The van der Waals surface area contributed by atoms with E-state index in [1.165, 1.54) is 0 Å². The average Bonchev–Trinajstić information content (AvgIpc) is 2.46. The van der Waals surface area contributed by atoms with E-state index in [1.807, 2.05) is 0 Å². The van der Waals surface area contributed by atoms with Crippen LogP contribution in [0.2, 0.25) is 0 Å². The molecular formula is C14H24N2O4. The molecule has 0 aromatic rings. The molecule has 0 radical (unpaired) electrons. The molecule has 6 heteroatoms. The van der Waals surface area contributed by atoms with Gasteiger partial charge in [-0.3, -0.25) is 4.79 Å². The summed E-state index contributed by atoms with van der Waals surface area (Å²) in [7, 11) is 0. The highest BCUT2D eigenvalue weighted by Crippen LogP contribution is 2.24. The van der Waals surface area contributed by atoms with Crippen molar-refractivity contribution in [3.8, 4) is 0 Å². The zero-order chi connectivity index (χ0) is 14.4. The quantitative estimate of drug-likeness (QED) is 0.727. The number of carbonyl (C=O) groups is 2. The van der Waals surface area contributed by atoms with E-state index in [0.717, 1.165) is 38.7 Å². The lowest BCUT2D eigenvalue weighted by Crippen LogP contribution is -2.49. The Labute approximate surface area is 119 Å². The van der Waals surface area contributed by atoms with Gasteiger partial charge in [0.05, 0.1) is 12.5 Å². The van der Waals surface area contributed by atoms with E-state index >= 15 is 0 Å². The van der Waals surface area contributed by atoms with E-state index in [0.29, 0.717) is 25.5 Å². The van der Waals surface area contributed by atoms with Gasteiger partial charge in [0.15, 0.2) is 0 Å². The SMILES string of the molecule is O=C(NCC1CCCOC1)NC1CCCCC1C(=O)O. The Bertz CT molecular complexity index is 342. The standard InChI is InChI=1S/C14H24N2O4/c17-13(18)11-5-1-2-6-12(11)16-14(19)15-8-10-4-3-7-20-9-10/h10-12H,1-9H2,(H,17,18)(H2,15,16,19). The second-order valence-electron chi connectivity index (χ2n) is 5.77. The topological polar surface area (TPSA) is 87.7 Å². The maximum Gasteiger partial charge on any atom is 0.315 e. The Kier molecular flexibility index (Phi) is 5.64. The van der Waals surface area contributed by atoms with Crippen molar-refractivity contribution in [1.82, 2.24) is 10.6 Å². The molecule has 20 heavy (non-hydrogen) atoms. The van der Waals surface area contributed by atoms with Crippen molar-refractivity contribution < 1.29 is 19.4 Å². The summed E-state index contributed by atoms with van der Waals surface area (Å²) in [5.41, 5.74) is 0. The molecular weight excluding hydrogens is 260 g/mol. The molecule has 0 bridgehead atoms. The number of hydrogen-bond donors (Lipinski definition) is 3. The minimum absolute atomic E-state index is 0.246. The molecule has 0 aromatic carbocycles. The minimum Gasteiger partial charge on any atom is -0.481 e. The zero-order valence-electron chi connectivity index (χ0n) is 11.8. The molecule has 2 rings (SSSR count). The maximum atomic E-state index is 11.9. The highest BCUT2D eigenvalue weighted by atomic mass is 16.5. The van der Waals surface area contributed by atoms with Crippen LogP contribution in [0.1, 0.15) is 38.5 Å². The van der Waals surface area contributed by atoms with Crippen LogP contribution in [-0.2, 0) is 9.53 Å². The van der Waals surface area contributed by atoms with Crippen LogP contribution in [0, 0.1) is 11.8 Å². The van der Waals surface area contributed by atoms with Gasteiger partial charge in [-0.25, -0.2) is 4.79 Å². The van der Waals surface area contributed by atoms with Crippen molar-refractivity contribution in [2.24, 2.45) is 11.8 Å². The van der Waals surface area contributed by atoms with Gasteiger partial charge in [0.2, 0.25) is 0 Å². The molecule has 3 unspecified atom stereocenters. The number of hydrogen-bond acceptors (Lipinski definition) is 3. The molecule has 1 aliphatic heterocycles. The van der Waals surface area contributed by atoms with Gasteiger partial charge in [-0.15, -0.1) is 0 Å². The van der Waals surface area contributed by atoms with Gasteiger partial charge in [-0.1, -0.05) is 12.8 Å². The first-order valence-electron chi connectivity index (χ1n) is 7.51. The van der Waals surface area contributed by atoms with E-state index in [2.05, 4.69) is 10.6 Å². The third-order valence-electron chi connectivity index (χ3n) is 4.21. The summed E-state index contributed by atoms with van der Waals surface area (Å²) < 4.78 is 5.36. The molecule has 0 aromatic heterocycles. The summed E-state index contributed by atoms with van der Waals surface area (Å²) in [6, 6.07) is -0.502. The second kappa shape index (κ2) is 7.47. The highest BCUT2D eigenvalue weighted by Gasteiger charge is 2.31. The Morgan fingerprint density at radius 3 is 2.65 bits per heavy atom. The van der Waals surface area contributed by atoms with Crippen LogP contribution in [0.15, 0.2) is 0 Å². The number of aliphatic carboxylic acids is 1. The van der Waals surface area contributed by atoms with Gasteiger partial charge in [-0.2, -0.15) is 0 Å². The first kappa shape index (κ1) is 15.1. The fourth-order valence-corrected chi connectivity index (χ4v) is 3.02. The molecule has 1 saturated carbocycles. The molecule has 1 aliphatic carbocycles. The van der Waals surface area contributed by atoms with Gasteiger partial charge in [0.25, 0.3) is 0 Å². The Hall–Kier alpha value is -1.30. The van der Waals surface area contributed by atoms with Gasteiger partial charge in [0.1, 0.15) is 0 Å². The third kappa shape index (κ3) is 4.37. The van der Waals surface area contributed by atoms with E-state index in [1.54, 1.807) is 0 Å². The Morgan fingerprint density at radius 1 is 1.15 bits per heavy atom. The van der Waals surface area contributed by atoms with Crippen molar-refractivity contribution >= 4 is 12.0 Å². The maximum absolute atomic E-state index is 11.9. The fourth-order valence-electron chi connectivity index (χ4n) is 3.02. The third-order valence-corrected chi connectivity index (χ3v) is 4.21. The predicted octanol–water partition coefficient (Wildman–Crippen LogP) is 1.36. The van der Waals surface area contributed by atoms with Crippen LogP contribution < -0.4 is 10.6 Å². The number of ether oxygens (including phenoxy) is 1. The Balaban J connectivity index is 1.73. The Morgan fingerprint density at radius 2 is 1.95 bits per heavy atom. The fraction of sp³-hybridized carbons (Fsp3) is 0.857. The number of rotatable bonds is 4. The molecule has 1 heterocycles. The zero-order valence-corrected chi connectivity index (χ0v) is 11.8. The summed E-state index contributed by atoms with van der Waals surface area (Å²) in [5.74, 6) is -0.890. The number of amides is 2. The number of urea groups is 1. The number of carbonyl (C=O) groups excluding carboxylic acids is 1. The summed E-state index contributed by atoms with van der Waals surface area (Å²) in [4.78, 5) is 23.0. The highest BCUT2D eigenvalue weighted by molar-refractivity contribution is 5.76. The van der Waals surface area contributed by atoms with Crippen LogP contribution in [-0.4, -0.2) is 42.9 Å². The predicted molar refractivity (Wildman–Crippen MR) is 73.5 cm³/mol. The summed E-state index contributed by atoms with van der Waals surface area (Å²) in [5, 5.41) is 14.8. The summed E-state index contributed by atoms with van der Waals surface area (Å²) in [6.07, 6.45) is 5.41. The molecule has 2 aliphatic rings. The second-order valence-corrected chi connectivity index (χ2v) is 5.77. The molecule has 2 amide bonds. The lowest BCUT2D eigenvalue weighted by molar-refractivity contribution is -0.143. The lowest BCUT2D eigenvalue weighted by Gasteiger charge is -2.29. The normalized spacial score (nSPS) is 30.5.